The van der Waals surface area contributed by atoms with Crippen LogP contribution in [0.1, 0.15) is 59.8 Å². The third-order valence-corrected chi connectivity index (χ3v) is 3.97. The zero-order valence-electron chi connectivity index (χ0n) is 12.6. The van der Waals surface area contributed by atoms with E-state index in [1.165, 1.54) is 32.1 Å². The predicted octanol–water partition coefficient (Wildman–Crippen LogP) is 3.86. The van der Waals surface area contributed by atoms with Crippen LogP contribution in [0.5, 0.6) is 0 Å². The van der Waals surface area contributed by atoms with Crippen LogP contribution in [-0.4, -0.2) is 26.8 Å². The van der Waals surface area contributed by atoms with Gasteiger partial charge in [0.1, 0.15) is 0 Å². The lowest BCUT2D eigenvalue weighted by atomic mass is 9.77. The molecule has 0 aromatic rings. The van der Waals surface area contributed by atoms with Crippen molar-refractivity contribution in [2.24, 2.45) is 11.3 Å². The SMILES string of the molecule is CCC(CC)(CCCC(C)C)CNCCOC. The summed E-state index contributed by atoms with van der Waals surface area (Å²) in [4.78, 5) is 0. The monoisotopic (exact) mass is 243 g/mol. The molecule has 104 valence electrons. The summed E-state index contributed by atoms with van der Waals surface area (Å²) in [6.07, 6.45) is 6.65. The molecule has 0 aliphatic heterocycles. The number of rotatable bonds is 11. The molecule has 0 spiro atoms. The minimum Gasteiger partial charge on any atom is -0.383 e. The Balaban J connectivity index is 3.97. The van der Waals surface area contributed by atoms with Crippen LogP contribution in [0.25, 0.3) is 0 Å². The Morgan fingerprint density at radius 2 is 1.82 bits per heavy atom. The summed E-state index contributed by atoms with van der Waals surface area (Å²) in [5.41, 5.74) is 0.503. The van der Waals surface area contributed by atoms with E-state index in [0.29, 0.717) is 5.41 Å². The van der Waals surface area contributed by atoms with E-state index in [1.807, 2.05) is 0 Å². The summed E-state index contributed by atoms with van der Waals surface area (Å²) in [5.74, 6) is 0.836. The Kier molecular flexibility index (Phi) is 9.85. The molecule has 0 aromatic carbocycles. The lowest BCUT2D eigenvalue weighted by Gasteiger charge is -2.32. The fraction of sp³-hybridized carbons (Fsp3) is 1.00. The highest BCUT2D eigenvalue weighted by atomic mass is 16.5. The Labute approximate surface area is 109 Å². The highest BCUT2D eigenvalue weighted by molar-refractivity contribution is 4.79. The average Bonchev–Trinajstić information content (AvgIpc) is 2.32. The molecule has 0 heterocycles. The van der Waals surface area contributed by atoms with Gasteiger partial charge in [0.25, 0.3) is 0 Å². The smallest absolute Gasteiger partial charge is 0.0587 e. The van der Waals surface area contributed by atoms with Crippen molar-refractivity contribution >= 4 is 0 Å². The second-order valence-corrected chi connectivity index (χ2v) is 5.66. The molecule has 0 aliphatic carbocycles. The molecule has 2 heteroatoms. The molecule has 0 rings (SSSR count). The Morgan fingerprint density at radius 3 is 2.29 bits per heavy atom. The van der Waals surface area contributed by atoms with Crippen molar-refractivity contribution in [3.05, 3.63) is 0 Å². The molecule has 1 N–H and O–H groups in total. The van der Waals surface area contributed by atoms with Crippen LogP contribution in [0.15, 0.2) is 0 Å². The fourth-order valence-corrected chi connectivity index (χ4v) is 2.36. The Morgan fingerprint density at radius 1 is 1.18 bits per heavy atom. The number of nitrogens with one attached hydrogen (secondary N) is 1. The van der Waals surface area contributed by atoms with Crippen molar-refractivity contribution in [2.75, 3.05) is 26.8 Å². The van der Waals surface area contributed by atoms with E-state index in [4.69, 9.17) is 4.74 Å². The van der Waals surface area contributed by atoms with Crippen molar-refractivity contribution in [1.82, 2.24) is 5.32 Å². The maximum Gasteiger partial charge on any atom is 0.0587 e. The largest absolute Gasteiger partial charge is 0.383 e. The summed E-state index contributed by atoms with van der Waals surface area (Å²) in [6, 6.07) is 0. The lowest BCUT2D eigenvalue weighted by Crippen LogP contribution is -2.35. The first-order valence-electron chi connectivity index (χ1n) is 7.30. The molecular formula is C15H33NO. The van der Waals surface area contributed by atoms with Gasteiger partial charge in [-0.2, -0.15) is 0 Å². The first-order valence-corrected chi connectivity index (χ1v) is 7.30. The molecule has 0 saturated carbocycles. The van der Waals surface area contributed by atoms with Gasteiger partial charge in [0, 0.05) is 20.2 Å². The molecular weight excluding hydrogens is 210 g/mol. The van der Waals surface area contributed by atoms with Gasteiger partial charge in [-0.3, -0.25) is 0 Å². The number of hydrogen-bond donors (Lipinski definition) is 1. The topological polar surface area (TPSA) is 21.3 Å². The van der Waals surface area contributed by atoms with Gasteiger partial charge in [-0.05, 0) is 30.6 Å². The Bertz CT molecular complexity index is 164. The molecule has 0 fully saturated rings. The molecule has 0 amide bonds. The lowest BCUT2D eigenvalue weighted by molar-refractivity contribution is 0.179. The second-order valence-electron chi connectivity index (χ2n) is 5.66. The summed E-state index contributed by atoms with van der Waals surface area (Å²) in [5, 5.41) is 3.54. The molecule has 0 saturated heterocycles. The zero-order valence-corrected chi connectivity index (χ0v) is 12.6. The second kappa shape index (κ2) is 9.90. The van der Waals surface area contributed by atoms with Crippen LogP contribution >= 0.6 is 0 Å². The molecule has 0 bridgehead atoms. The highest BCUT2D eigenvalue weighted by Gasteiger charge is 2.24. The van der Waals surface area contributed by atoms with E-state index < -0.39 is 0 Å². The van der Waals surface area contributed by atoms with E-state index in [1.54, 1.807) is 7.11 Å². The minimum absolute atomic E-state index is 0.503. The van der Waals surface area contributed by atoms with Crippen LogP contribution in [0.4, 0.5) is 0 Å². The normalized spacial score (nSPS) is 12.4. The van der Waals surface area contributed by atoms with Crippen molar-refractivity contribution in [3.63, 3.8) is 0 Å². The number of ether oxygens (including phenoxy) is 1. The minimum atomic E-state index is 0.503. The van der Waals surface area contributed by atoms with Crippen LogP contribution < -0.4 is 5.32 Å². The molecule has 17 heavy (non-hydrogen) atoms. The van der Waals surface area contributed by atoms with Gasteiger partial charge in [0.05, 0.1) is 6.61 Å². The van der Waals surface area contributed by atoms with Crippen molar-refractivity contribution in [3.8, 4) is 0 Å². The standard InChI is InChI=1S/C15H33NO/c1-6-15(7-2,10-8-9-14(3)4)13-16-11-12-17-5/h14,16H,6-13H2,1-5H3. The van der Waals surface area contributed by atoms with Crippen molar-refractivity contribution < 1.29 is 4.74 Å². The van der Waals surface area contributed by atoms with E-state index in [0.717, 1.165) is 25.6 Å². The molecule has 0 unspecified atom stereocenters. The fourth-order valence-electron chi connectivity index (χ4n) is 2.36. The zero-order chi connectivity index (χ0) is 13.1. The molecule has 0 aromatic heterocycles. The van der Waals surface area contributed by atoms with E-state index in [-0.39, 0.29) is 0 Å². The third-order valence-electron chi connectivity index (χ3n) is 3.97. The first-order chi connectivity index (χ1) is 8.10. The summed E-state index contributed by atoms with van der Waals surface area (Å²) in [6.45, 7) is 12.2. The van der Waals surface area contributed by atoms with E-state index in [2.05, 4.69) is 33.0 Å². The van der Waals surface area contributed by atoms with Gasteiger partial charge in [-0.15, -0.1) is 0 Å². The first kappa shape index (κ1) is 16.9. The van der Waals surface area contributed by atoms with Crippen LogP contribution in [0, 0.1) is 11.3 Å². The molecule has 2 nitrogen and oxygen atoms in total. The van der Waals surface area contributed by atoms with Gasteiger partial charge in [0.15, 0.2) is 0 Å². The van der Waals surface area contributed by atoms with Gasteiger partial charge >= 0.3 is 0 Å². The van der Waals surface area contributed by atoms with E-state index in [9.17, 15) is 0 Å². The van der Waals surface area contributed by atoms with Gasteiger partial charge in [0.2, 0.25) is 0 Å². The number of methoxy groups -OCH3 is 1. The summed E-state index contributed by atoms with van der Waals surface area (Å²) in [7, 11) is 1.76. The van der Waals surface area contributed by atoms with Crippen LogP contribution in [0.2, 0.25) is 0 Å². The summed E-state index contributed by atoms with van der Waals surface area (Å²) < 4.78 is 5.07. The quantitative estimate of drug-likeness (QED) is 0.556. The van der Waals surface area contributed by atoms with Gasteiger partial charge in [-0.1, -0.05) is 40.5 Å². The van der Waals surface area contributed by atoms with Crippen molar-refractivity contribution in [2.45, 2.75) is 59.8 Å². The predicted molar refractivity (Wildman–Crippen MR) is 76.4 cm³/mol. The molecule has 0 atom stereocenters. The molecule has 0 radical (unpaired) electrons. The van der Waals surface area contributed by atoms with Crippen LogP contribution in [0.3, 0.4) is 0 Å². The third kappa shape index (κ3) is 7.77. The number of hydrogen-bond acceptors (Lipinski definition) is 2. The summed E-state index contributed by atoms with van der Waals surface area (Å²) >= 11 is 0. The maximum atomic E-state index is 5.07. The van der Waals surface area contributed by atoms with Gasteiger partial charge < -0.3 is 10.1 Å². The highest BCUT2D eigenvalue weighted by Crippen LogP contribution is 2.32. The van der Waals surface area contributed by atoms with Crippen LogP contribution in [-0.2, 0) is 4.74 Å². The maximum absolute atomic E-state index is 5.07. The average molecular weight is 243 g/mol. The Hall–Kier alpha value is -0.0800. The van der Waals surface area contributed by atoms with E-state index >= 15 is 0 Å². The van der Waals surface area contributed by atoms with Gasteiger partial charge in [-0.25, -0.2) is 0 Å². The molecule has 0 aliphatic rings. The van der Waals surface area contributed by atoms with Crippen molar-refractivity contribution in [1.29, 1.82) is 0 Å².